The van der Waals surface area contributed by atoms with Gasteiger partial charge < -0.3 is 9.84 Å². The quantitative estimate of drug-likeness (QED) is 0.850. The molecule has 0 bridgehead atoms. The molecule has 88 valence electrons. The van der Waals surface area contributed by atoms with Gasteiger partial charge >= 0.3 is 5.97 Å². The lowest BCUT2D eigenvalue weighted by Gasteiger charge is -1.97. The Balaban J connectivity index is 2.23. The summed E-state index contributed by atoms with van der Waals surface area (Å²) in [5.41, 5.74) is 0.864. The van der Waals surface area contributed by atoms with Crippen LogP contribution in [0.15, 0.2) is 30.5 Å². The Labute approximate surface area is 103 Å². The fourth-order valence-electron chi connectivity index (χ4n) is 1.31. The number of carbonyl (C=O) groups excluding carboxylic acids is 1. The number of benzene rings is 1. The number of hydrogen-bond acceptors (Lipinski definition) is 5. The van der Waals surface area contributed by atoms with E-state index < -0.39 is 0 Å². The zero-order valence-corrected chi connectivity index (χ0v) is 10.0. The van der Waals surface area contributed by atoms with Crippen LogP contribution in [0.4, 0.5) is 0 Å². The third kappa shape index (κ3) is 2.62. The van der Waals surface area contributed by atoms with Gasteiger partial charge in [-0.15, -0.1) is 11.3 Å². The van der Waals surface area contributed by atoms with Gasteiger partial charge in [-0.05, 0) is 31.2 Å². The molecular formula is C12H11NO3S. The van der Waals surface area contributed by atoms with E-state index in [1.165, 1.54) is 17.5 Å². The Bertz CT molecular complexity index is 519. The van der Waals surface area contributed by atoms with Crippen LogP contribution in [0.1, 0.15) is 16.6 Å². The molecule has 0 atom stereocenters. The van der Waals surface area contributed by atoms with Gasteiger partial charge in [0.2, 0.25) is 0 Å². The second-order valence-electron chi connectivity index (χ2n) is 3.30. The van der Waals surface area contributed by atoms with Crippen molar-refractivity contribution < 1.29 is 14.6 Å². The Hall–Kier alpha value is -1.88. The topological polar surface area (TPSA) is 59.4 Å². The van der Waals surface area contributed by atoms with Gasteiger partial charge in [0.25, 0.3) is 0 Å². The number of carbonyl (C=O) groups is 1. The van der Waals surface area contributed by atoms with Gasteiger partial charge in [0.15, 0.2) is 0 Å². The van der Waals surface area contributed by atoms with Crippen molar-refractivity contribution >= 4 is 17.3 Å². The molecule has 0 saturated heterocycles. The van der Waals surface area contributed by atoms with Crippen LogP contribution in [0, 0.1) is 0 Å². The molecule has 0 spiro atoms. The lowest BCUT2D eigenvalue weighted by molar-refractivity contribution is 0.0532. The molecule has 5 heteroatoms. The third-order valence-electron chi connectivity index (χ3n) is 2.10. The number of thiazole rings is 1. The van der Waals surface area contributed by atoms with E-state index >= 15 is 0 Å². The fraction of sp³-hybridized carbons (Fsp3) is 0.167. The summed E-state index contributed by atoms with van der Waals surface area (Å²) in [7, 11) is 0. The summed E-state index contributed by atoms with van der Waals surface area (Å²) >= 11 is 1.27. The predicted octanol–water partition coefficient (Wildman–Crippen LogP) is 2.69. The van der Waals surface area contributed by atoms with E-state index in [1.807, 2.05) is 0 Å². The molecule has 17 heavy (non-hydrogen) atoms. The van der Waals surface area contributed by atoms with Crippen molar-refractivity contribution in [1.82, 2.24) is 4.98 Å². The molecule has 0 unspecified atom stereocenters. The van der Waals surface area contributed by atoms with E-state index in [9.17, 15) is 9.90 Å². The number of phenols is 1. The minimum absolute atomic E-state index is 0.205. The lowest BCUT2D eigenvalue weighted by atomic mass is 10.2. The molecule has 4 nitrogen and oxygen atoms in total. The van der Waals surface area contributed by atoms with Crippen LogP contribution in [0.25, 0.3) is 10.6 Å². The summed E-state index contributed by atoms with van der Waals surface area (Å²) in [6, 6.07) is 6.67. The number of aromatic nitrogens is 1. The third-order valence-corrected chi connectivity index (χ3v) is 3.12. The summed E-state index contributed by atoms with van der Waals surface area (Å²) in [6.07, 6.45) is 1.50. The number of rotatable bonds is 3. The average Bonchev–Trinajstić information content (AvgIpc) is 2.80. The van der Waals surface area contributed by atoms with E-state index in [0.29, 0.717) is 11.5 Å². The van der Waals surface area contributed by atoms with Gasteiger partial charge in [-0.25, -0.2) is 9.78 Å². The first-order chi connectivity index (χ1) is 8.20. The monoisotopic (exact) mass is 249 g/mol. The molecule has 1 heterocycles. The van der Waals surface area contributed by atoms with E-state index in [0.717, 1.165) is 10.6 Å². The van der Waals surface area contributed by atoms with Crippen molar-refractivity contribution in [2.75, 3.05) is 6.61 Å². The van der Waals surface area contributed by atoms with Crippen molar-refractivity contribution in [3.05, 3.63) is 35.3 Å². The molecule has 0 fully saturated rings. The lowest BCUT2D eigenvalue weighted by Crippen LogP contribution is -2.01. The Morgan fingerprint density at radius 3 is 2.76 bits per heavy atom. The van der Waals surface area contributed by atoms with Crippen LogP contribution in [0.5, 0.6) is 5.75 Å². The molecular weight excluding hydrogens is 238 g/mol. The zero-order valence-electron chi connectivity index (χ0n) is 9.21. The summed E-state index contributed by atoms with van der Waals surface area (Å²) < 4.78 is 4.89. The van der Waals surface area contributed by atoms with Crippen LogP contribution in [-0.2, 0) is 4.74 Å². The van der Waals surface area contributed by atoms with Crippen LogP contribution in [0.3, 0.4) is 0 Å². The zero-order chi connectivity index (χ0) is 12.3. The van der Waals surface area contributed by atoms with E-state index in [-0.39, 0.29) is 11.7 Å². The smallest absolute Gasteiger partial charge is 0.349 e. The van der Waals surface area contributed by atoms with E-state index in [1.54, 1.807) is 31.2 Å². The minimum atomic E-state index is -0.352. The predicted molar refractivity (Wildman–Crippen MR) is 65.2 cm³/mol. The molecule has 0 amide bonds. The molecule has 1 aromatic carbocycles. The maximum absolute atomic E-state index is 11.5. The molecule has 2 rings (SSSR count). The Kier molecular flexibility index (Phi) is 3.39. The SMILES string of the molecule is CCOC(=O)c1cnc(-c2ccc(O)cc2)s1. The second kappa shape index (κ2) is 4.97. The molecule has 1 aromatic heterocycles. The van der Waals surface area contributed by atoms with Crippen molar-refractivity contribution in [3.8, 4) is 16.3 Å². The molecule has 0 aliphatic heterocycles. The first kappa shape index (κ1) is 11.6. The highest BCUT2D eigenvalue weighted by Crippen LogP contribution is 2.26. The van der Waals surface area contributed by atoms with Crippen molar-refractivity contribution in [2.45, 2.75) is 6.92 Å². The number of esters is 1. The first-order valence-corrected chi connectivity index (χ1v) is 5.94. The van der Waals surface area contributed by atoms with E-state index in [2.05, 4.69) is 4.98 Å². The summed E-state index contributed by atoms with van der Waals surface area (Å²) in [6.45, 7) is 2.12. The van der Waals surface area contributed by atoms with Crippen LogP contribution in [0.2, 0.25) is 0 Å². The molecule has 0 radical (unpaired) electrons. The van der Waals surface area contributed by atoms with Gasteiger partial charge in [0.05, 0.1) is 12.8 Å². The summed E-state index contributed by atoms with van der Waals surface area (Å²) in [5.74, 6) is -0.147. The fourth-order valence-corrected chi connectivity index (χ4v) is 2.12. The number of nitrogens with zero attached hydrogens (tertiary/aromatic N) is 1. The molecule has 2 aromatic rings. The number of aromatic hydroxyl groups is 1. The van der Waals surface area contributed by atoms with Gasteiger partial charge in [-0.1, -0.05) is 0 Å². The maximum atomic E-state index is 11.5. The van der Waals surface area contributed by atoms with E-state index in [4.69, 9.17) is 4.74 Å². The second-order valence-corrected chi connectivity index (χ2v) is 4.33. The van der Waals surface area contributed by atoms with Crippen molar-refractivity contribution in [3.63, 3.8) is 0 Å². The van der Waals surface area contributed by atoms with Crippen molar-refractivity contribution in [2.24, 2.45) is 0 Å². The van der Waals surface area contributed by atoms with Crippen LogP contribution in [-0.4, -0.2) is 22.7 Å². The van der Waals surface area contributed by atoms with Crippen LogP contribution < -0.4 is 0 Å². The number of ether oxygens (including phenoxy) is 1. The molecule has 0 aliphatic carbocycles. The van der Waals surface area contributed by atoms with Crippen molar-refractivity contribution in [1.29, 1.82) is 0 Å². The Morgan fingerprint density at radius 1 is 1.41 bits per heavy atom. The number of hydrogen-bond donors (Lipinski definition) is 1. The van der Waals surface area contributed by atoms with Gasteiger partial charge in [-0.3, -0.25) is 0 Å². The Morgan fingerprint density at radius 2 is 2.12 bits per heavy atom. The average molecular weight is 249 g/mol. The summed E-state index contributed by atoms with van der Waals surface area (Å²) in [4.78, 5) is 16.1. The highest BCUT2D eigenvalue weighted by Gasteiger charge is 2.12. The minimum Gasteiger partial charge on any atom is -0.508 e. The molecule has 1 N–H and O–H groups in total. The van der Waals surface area contributed by atoms with Crippen LogP contribution >= 0.6 is 11.3 Å². The first-order valence-electron chi connectivity index (χ1n) is 5.13. The molecule has 0 saturated carbocycles. The normalized spacial score (nSPS) is 10.2. The summed E-state index contributed by atoms with van der Waals surface area (Å²) in [5, 5.41) is 9.91. The van der Waals surface area contributed by atoms with Gasteiger partial charge in [-0.2, -0.15) is 0 Å². The maximum Gasteiger partial charge on any atom is 0.349 e. The van der Waals surface area contributed by atoms with Gasteiger partial charge in [0.1, 0.15) is 15.6 Å². The van der Waals surface area contributed by atoms with Gasteiger partial charge in [0, 0.05) is 5.56 Å². The molecule has 0 aliphatic rings. The highest BCUT2D eigenvalue weighted by molar-refractivity contribution is 7.16. The largest absolute Gasteiger partial charge is 0.508 e. The standard InChI is InChI=1S/C12H11NO3S/c1-2-16-12(15)10-7-13-11(17-10)8-3-5-9(14)6-4-8/h3-7,14H,2H2,1H3. The number of phenolic OH excluding ortho intramolecular Hbond substituents is 1. The highest BCUT2D eigenvalue weighted by atomic mass is 32.1.